The van der Waals surface area contributed by atoms with Gasteiger partial charge in [0.15, 0.2) is 5.82 Å². The molecule has 0 saturated heterocycles. The Labute approximate surface area is 164 Å². The Hall–Kier alpha value is -2.34. The van der Waals surface area contributed by atoms with Crippen LogP contribution in [-0.4, -0.2) is 27.9 Å². The molecular weight excluding hydrogens is 364 g/mol. The van der Waals surface area contributed by atoms with Crippen molar-refractivity contribution in [3.63, 3.8) is 0 Å². The van der Waals surface area contributed by atoms with E-state index in [1.54, 1.807) is 24.3 Å². The van der Waals surface area contributed by atoms with Crippen LogP contribution in [0.3, 0.4) is 0 Å². The van der Waals surface area contributed by atoms with Gasteiger partial charge in [0, 0.05) is 23.8 Å². The van der Waals surface area contributed by atoms with Crippen molar-refractivity contribution in [3.05, 3.63) is 46.5 Å². The summed E-state index contributed by atoms with van der Waals surface area (Å²) in [5.74, 6) is -0.217. The molecule has 1 aliphatic rings. The van der Waals surface area contributed by atoms with Crippen LogP contribution in [0.4, 0.5) is 5.69 Å². The van der Waals surface area contributed by atoms with E-state index in [1.807, 2.05) is 4.57 Å². The number of rotatable bonds is 7. The van der Waals surface area contributed by atoms with Gasteiger partial charge in [-0.1, -0.05) is 31.4 Å². The van der Waals surface area contributed by atoms with Gasteiger partial charge in [-0.2, -0.15) is 0 Å². The highest BCUT2D eigenvalue weighted by Gasteiger charge is 2.27. The van der Waals surface area contributed by atoms with Crippen LogP contribution in [0.5, 0.6) is 0 Å². The lowest BCUT2D eigenvalue weighted by atomic mass is 10.1. The van der Waals surface area contributed by atoms with Gasteiger partial charge in [0.25, 0.3) is 11.8 Å². The number of carbonyl (C=O) groups excluding carboxylic acids is 2. The van der Waals surface area contributed by atoms with Gasteiger partial charge < -0.3 is 15.2 Å². The van der Waals surface area contributed by atoms with Gasteiger partial charge >= 0.3 is 0 Å². The van der Waals surface area contributed by atoms with E-state index in [9.17, 15) is 9.59 Å². The van der Waals surface area contributed by atoms with E-state index in [4.69, 9.17) is 11.6 Å². The summed E-state index contributed by atoms with van der Waals surface area (Å²) in [5, 5.41) is 6.37. The molecule has 0 spiro atoms. The molecule has 3 rings (SSSR count). The molecule has 2 N–H and O–H groups in total. The summed E-state index contributed by atoms with van der Waals surface area (Å²) in [4.78, 5) is 29.7. The SMILES string of the molecule is CCCCCNC(=O)c1nc(C(=O)Nc2ccc(Cl)cc2)n2c1CCCC2. The molecule has 0 bridgehead atoms. The predicted molar refractivity (Wildman–Crippen MR) is 106 cm³/mol. The summed E-state index contributed by atoms with van der Waals surface area (Å²) in [5.41, 5.74) is 1.88. The number of aromatic nitrogens is 2. The Morgan fingerprint density at radius 1 is 1.15 bits per heavy atom. The van der Waals surface area contributed by atoms with Crippen molar-refractivity contribution in [2.24, 2.45) is 0 Å². The summed E-state index contributed by atoms with van der Waals surface area (Å²) in [6.45, 7) is 3.46. The number of unbranched alkanes of at least 4 members (excludes halogenated alkanes) is 2. The lowest BCUT2D eigenvalue weighted by Gasteiger charge is -2.17. The first kappa shape index (κ1) is 19.4. The molecule has 0 saturated carbocycles. The summed E-state index contributed by atoms with van der Waals surface area (Å²) in [6, 6.07) is 6.91. The topological polar surface area (TPSA) is 76.0 Å². The normalized spacial score (nSPS) is 13.1. The largest absolute Gasteiger partial charge is 0.351 e. The quantitative estimate of drug-likeness (QED) is 0.702. The zero-order valence-electron chi connectivity index (χ0n) is 15.6. The standard InChI is InChI=1S/C20H25ClN4O2/c1-2-3-5-12-22-19(26)17-16-7-4-6-13-25(16)18(24-17)20(27)23-15-10-8-14(21)9-11-15/h8-11H,2-7,12-13H2,1H3,(H,22,26)(H,23,27). The van der Waals surface area contributed by atoms with E-state index in [-0.39, 0.29) is 11.8 Å². The Morgan fingerprint density at radius 3 is 2.67 bits per heavy atom. The van der Waals surface area contributed by atoms with Gasteiger partial charge in [-0.25, -0.2) is 4.98 Å². The second-order valence-electron chi connectivity index (χ2n) is 6.76. The van der Waals surface area contributed by atoms with E-state index in [2.05, 4.69) is 22.5 Å². The smallest absolute Gasteiger partial charge is 0.291 e. The highest BCUT2D eigenvalue weighted by molar-refractivity contribution is 6.30. The summed E-state index contributed by atoms with van der Waals surface area (Å²) in [6.07, 6.45) is 5.87. The van der Waals surface area contributed by atoms with Crippen molar-refractivity contribution in [2.75, 3.05) is 11.9 Å². The van der Waals surface area contributed by atoms with Gasteiger partial charge in [0.2, 0.25) is 0 Å². The van der Waals surface area contributed by atoms with Crippen molar-refractivity contribution < 1.29 is 9.59 Å². The first-order chi connectivity index (χ1) is 13.1. The average Bonchev–Trinajstić information content (AvgIpc) is 3.07. The summed E-state index contributed by atoms with van der Waals surface area (Å²) >= 11 is 5.89. The molecular formula is C20H25ClN4O2. The number of amides is 2. The van der Waals surface area contributed by atoms with E-state index in [1.165, 1.54) is 0 Å². The van der Waals surface area contributed by atoms with Crippen LogP contribution in [0.15, 0.2) is 24.3 Å². The summed E-state index contributed by atoms with van der Waals surface area (Å²) in [7, 11) is 0. The van der Waals surface area contributed by atoms with Crippen LogP contribution in [-0.2, 0) is 13.0 Å². The van der Waals surface area contributed by atoms with Crippen molar-refractivity contribution in [3.8, 4) is 0 Å². The molecule has 2 heterocycles. The zero-order chi connectivity index (χ0) is 19.2. The fraction of sp³-hybridized carbons (Fsp3) is 0.450. The Kier molecular flexibility index (Phi) is 6.50. The van der Waals surface area contributed by atoms with E-state index in [0.29, 0.717) is 35.3 Å². The number of fused-ring (bicyclic) bond motifs is 1. The first-order valence-electron chi connectivity index (χ1n) is 9.54. The number of halogens is 1. The number of benzene rings is 1. The minimum Gasteiger partial charge on any atom is -0.351 e. The molecule has 1 aliphatic heterocycles. The maximum Gasteiger partial charge on any atom is 0.291 e. The fourth-order valence-corrected chi connectivity index (χ4v) is 3.41. The number of hydrogen-bond acceptors (Lipinski definition) is 3. The van der Waals surface area contributed by atoms with Crippen LogP contribution >= 0.6 is 11.6 Å². The number of nitrogens with zero attached hydrogens (tertiary/aromatic N) is 2. The van der Waals surface area contributed by atoms with Crippen molar-refractivity contribution in [1.82, 2.24) is 14.9 Å². The van der Waals surface area contributed by atoms with Crippen molar-refractivity contribution in [1.29, 1.82) is 0 Å². The zero-order valence-corrected chi connectivity index (χ0v) is 16.3. The number of anilines is 1. The number of carbonyl (C=O) groups is 2. The molecule has 6 nitrogen and oxygen atoms in total. The van der Waals surface area contributed by atoms with Crippen molar-refractivity contribution >= 4 is 29.1 Å². The number of hydrogen-bond donors (Lipinski definition) is 2. The third kappa shape index (κ3) is 4.69. The molecule has 2 aromatic rings. The Balaban J connectivity index is 1.78. The molecule has 0 unspecified atom stereocenters. The van der Waals surface area contributed by atoms with Crippen LogP contribution in [0.2, 0.25) is 5.02 Å². The van der Waals surface area contributed by atoms with Gasteiger partial charge in [-0.05, 0) is 49.9 Å². The Morgan fingerprint density at radius 2 is 1.93 bits per heavy atom. The second-order valence-corrected chi connectivity index (χ2v) is 7.20. The monoisotopic (exact) mass is 388 g/mol. The average molecular weight is 389 g/mol. The highest BCUT2D eigenvalue weighted by Crippen LogP contribution is 2.22. The second kappa shape index (κ2) is 9.04. The molecule has 0 aliphatic carbocycles. The lowest BCUT2D eigenvalue weighted by molar-refractivity contribution is 0.0947. The molecule has 0 atom stereocenters. The minimum atomic E-state index is -0.314. The van der Waals surface area contributed by atoms with Gasteiger partial charge in [0.05, 0.1) is 5.69 Å². The predicted octanol–water partition coefficient (Wildman–Crippen LogP) is 4.05. The maximum absolute atomic E-state index is 12.7. The van der Waals surface area contributed by atoms with E-state index < -0.39 is 0 Å². The minimum absolute atomic E-state index is 0.192. The van der Waals surface area contributed by atoms with Crippen LogP contribution < -0.4 is 10.6 Å². The maximum atomic E-state index is 12.7. The fourth-order valence-electron chi connectivity index (χ4n) is 3.28. The molecule has 0 fully saturated rings. The molecule has 0 radical (unpaired) electrons. The molecule has 7 heteroatoms. The third-order valence-electron chi connectivity index (χ3n) is 4.70. The molecule has 144 valence electrons. The van der Waals surface area contributed by atoms with Gasteiger partial charge in [-0.15, -0.1) is 0 Å². The van der Waals surface area contributed by atoms with Crippen LogP contribution in [0.1, 0.15) is 65.8 Å². The highest BCUT2D eigenvalue weighted by atomic mass is 35.5. The molecule has 1 aromatic carbocycles. The number of nitrogens with one attached hydrogen (secondary N) is 2. The van der Waals surface area contributed by atoms with E-state index in [0.717, 1.165) is 44.2 Å². The lowest BCUT2D eigenvalue weighted by Crippen LogP contribution is -2.26. The molecule has 1 aromatic heterocycles. The molecule has 2 amide bonds. The van der Waals surface area contributed by atoms with Gasteiger partial charge in [0.1, 0.15) is 5.69 Å². The first-order valence-corrected chi connectivity index (χ1v) is 9.92. The van der Waals surface area contributed by atoms with E-state index >= 15 is 0 Å². The van der Waals surface area contributed by atoms with Crippen LogP contribution in [0, 0.1) is 0 Å². The van der Waals surface area contributed by atoms with Crippen LogP contribution in [0.25, 0.3) is 0 Å². The molecule has 27 heavy (non-hydrogen) atoms. The third-order valence-corrected chi connectivity index (χ3v) is 4.96. The summed E-state index contributed by atoms with van der Waals surface area (Å²) < 4.78 is 1.88. The van der Waals surface area contributed by atoms with Crippen molar-refractivity contribution in [2.45, 2.75) is 52.0 Å². The Bertz CT molecular complexity index is 814. The number of imidazole rings is 1. The van der Waals surface area contributed by atoms with Gasteiger partial charge in [-0.3, -0.25) is 9.59 Å².